The molecule has 0 aliphatic heterocycles. The second kappa shape index (κ2) is 7.16. The molecule has 0 spiro atoms. The third-order valence-electron chi connectivity index (χ3n) is 2.79. The summed E-state index contributed by atoms with van der Waals surface area (Å²) in [6, 6.07) is 11.1. The number of aromatic nitrogens is 1. The molecule has 0 aliphatic carbocycles. The van der Waals surface area contributed by atoms with E-state index in [0.29, 0.717) is 33.8 Å². The van der Waals surface area contributed by atoms with Crippen LogP contribution in [0.1, 0.15) is 18.1 Å². The van der Waals surface area contributed by atoms with Crippen LogP contribution in [0.15, 0.2) is 30.3 Å². The first-order valence-corrected chi connectivity index (χ1v) is 7.22. The predicted molar refractivity (Wildman–Crippen MR) is 86.9 cm³/mol. The van der Waals surface area contributed by atoms with Crippen molar-refractivity contribution in [1.29, 1.82) is 5.26 Å². The van der Waals surface area contributed by atoms with Crippen LogP contribution in [0.2, 0.25) is 10.0 Å². The zero-order chi connectivity index (χ0) is 15.2. The number of pyridine rings is 1. The summed E-state index contributed by atoms with van der Waals surface area (Å²) >= 11 is 12.2. The summed E-state index contributed by atoms with van der Waals surface area (Å²) in [7, 11) is 0. The molecular weight excluding hydrogens is 307 g/mol. The van der Waals surface area contributed by atoms with Crippen LogP contribution in [-0.4, -0.2) is 11.5 Å². The Labute approximate surface area is 133 Å². The van der Waals surface area contributed by atoms with E-state index < -0.39 is 0 Å². The number of nitrogens with zero attached hydrogens (tertiary/aromatic N) is 2. The molecule has 0 fully saturated rings. The summed E-state index contributed by atoms with van der Waals surface area (Å²) in [6.45, 7) is 3.21. The molecular formula is C15H14Cl2N4. The smallest absolute Gasteiger partial charge is 0.147 e. The van der Waals surface area contributed by atoms with Crippen molar-refractivity contribution in [3.05, 3.63) is 51.5 Å². The lowest BCUT2D eigenvalue weighted by atomic mass is 10.1. The van der Waals surface area contributed by atoms with E-state index in [1.54, 1.807) is 12.1 Å². The lowest BCUT2D eigenvalue weighted by Gasteiger charge is -2.11. The van der Waals surface area contributed by atoms with Gasteiger partial charge in [-0.05, 0) is 30.7 Å². The fourth-order valence-electron chi connectivity index (χ4n) is 1.82. The third kappa shape index (κ3) is 4.01. The molecule has 0 aliphatic rings. The zero-order valence-corrected chi connectivity index (χ0v) is 13.0. The summed E-state index contributed by atoms with van der Waals surface area (Å²) in [4.78, 5) is 4.37. The minimum absolute atomic E-state index is 0.457. The molecule has 1 aromatic carbocycles. The zero-order valence-electron chi connectivity index (χ0n) is 11.5. The van der Waals surface area contributed by atoms with Crippen LogP contribution in [-0.2, 0) is 6.54 Å². The fourth-order valence-corrected chi connectivity index (χ4v) is 2.31. The molecule has 108 valence electrons. The van der Waals surface area contributed by atoms with E-state index in [1.165, 1.54) is 0 Å². The predicted octanol–water partition coefficient (Wildman–Crippen LogP) is 4.30. The van der Waals surface area contributed by atoms with Crippen molar-refractivity contribution < 1.29 is 0 Å². The van der Waals surface area contributed by atoms with Crippen LogP contribution in [0.3, 0.4) is 0 Å². The summed E-state index contributed by atoms with van der Waals surface area (Å²) in [5.41, 5.74) is 1.60. The molecule has 0 saturated heterocycles. The van der Waals surface area contributed by atoms with E-state index in [1.807, 2.05) is 25.1 Å². The highest BCUT2D eigenvalue weighted by molar-refractivity contribution is 6.37. The Hall–Kier alpha value is -1.96. The standard InChI is InChI=1S/C15H14Cl2N4/c1-2-19-14-12(16)7-13(17)15(21-14)20-9-11-5-3-4-10(6-11)8-18/h3-7H,2,9H2,1H3,(H2,19,20,21). The summed E-state index contributed by atoms with van der Waals surface area (Å²) in [6.07, 6.45) is 0. The topological polar surface area (TPSA) is 60.7 Å². The van der Waals surface area contributed by atoms with Crippen LogP contribution >= 0.6 is 23.2 Å². The molecule has 0 bridgehead atoms. The van der Waals surface area contributed by atoms with Gasteiger partial charge in [-0.3, -0.25) is 0 Å². The highest BCUT2D eigenvalue weighted by atomic mass is 35.5. The van der Waals surface area contributed by atoms with Crippen molar-refractivity contribution in [2.75, 3.05) is 17.2 Å². The summed E-state index contributed by atoms with van der Waals surface area (Å²) in [5, 5.41) is 16.1. The Bertz CT molecular complexity index is 680. The number of halogens is 2. The van der Waals surface area contributed by atoms with Crippen molar-refractivity contribution in [1.82, 2.24) is 4.98 Å². The maximum atomic E-state index is 8.89. The number of hydrogen-bond acceptors (Lipinski definition) is 4. The first-order valence-electron chi connectivity index (χ1n) is 6.47. The summed E-state index contributed by atoms with van der Waals surface area (Å²) in [5.74, 6) is 1.15. The summed E-state index contributed by atoms with van der Waals surface area (Å²) < 4.78 is 0. The quantitative estimate of drug-likeness (QED) is 0.862. The molecule has 0 radical (unpaired) electrons. The minimum atomic E-state index is 0.457. The van der Waals surface area contributed by atoms with Crippen LogP contribution in [0.4, 0.5) is 11.6 Å². The van der Waals surface area contributed by atoms with Gasteiger partial charge in [0.25, 0.3) is 0 Å². The molecule has 1 aromatic heterocycles. The van der Waals surface area contributed by atoms with Gasteiger partial charge < -0.3 is 10.6 Å². The van der Waals surface area contributed by atoms with Gasteiger partial charge in [0.2, 0.25) is 0 Å². The van der Waals surface area contributed by atoms with E-state index in [0.717, 1.165) is 12.1 Å². The fraction of sp³-hybridized carbons (Fsp3) is 0.200. The van der Waals surface area contributed by atoms with E-state index in [4.69, 9.17) is 28.5 Å². The Morgan fingerprint density at radius 3 is 2.52 bits per heavy atom. The van der Waals surface area contributed by atoms with Crippen LogP contribution in [0.25, 0.3) is 0 Å². The Morgan fingerprint density at radius 1 is 1.14 bits per heavy atom. The van der Waals surface area contributed by atoms with E-state index in [-0.39, 0.29) is 0 Å². The third-order valence-corrected chi connectivity index (χ3v) is 3.37. The lowest BCUT2D eigenvalue weighted by Crippen LogP contribution is -2.06. The number of anilines is 2. The van der Waals surface area contributed by atoms with Gasteiger partial charge in [0.15, 0.2) is 0 Å². The number of nitrogens with one attached hydrogen (secondary N) is 2. The molecule has 0 saturated carbocycles. The second-order valence-corrected chi connectivity index (χ2v) is 5.16. The number of hydrogen-bond donors (Lipinski definition) is 2. The maximum absolute atomic E-state index is 8.89. The molecule has 2 rings (SSSR count). The maximum Gasteiger partial charge on any atom is 0.147 e. The van der Waals surface area contributed by atoms with Gasteiger partial charge in [0.1, 0.15) is 11.6 Å². The largest absolute Gasteiger partial charge is 0.369 e. The molecule has 21 heavy (non-hydrogen) atoms. The van der Waals surface area contributed by atoms with E-state index in [2.05, 4.69) is 21.7 Å². The van der Waals surface area contributed by atoms with Crippen LogP contribution in [0.5, 0.6) is 0 Å². The number of nitriles is 1. The van der Waals surface area contributed by atoms with E-state index in [9.17, 15) is 0 Å². The van der Waals surface area contributed by atoms with Crippen molar-refractivity contribution in [3.63, 3.8) is 0 Å². The highest BCUT2D eigenvalue weighted by Gasteiger charge is 2.08. The Morgan fingerprint density at radius 2 is 1.86 bits per heavy atom. The molecule has 6 heteroatoms. The van der Waals surface area contributed by atoms with Crippen LogP contribution in [0, 0.1) is 11.3 Å². The van der Waals surface area contributed by atoms with Crippen molar-refractivity contribution in [2.45, 2.75) is 13.5 Å². The molecule has 0 amide bonds. The number of rotatable bonds is 5. The van der Waals surface area contributed by atoms with Gasteiger partial charge in [0, 0.05) is 13.1 Å². The lowest BCUT2D eigenvalue weighted by molar-refractivity contribution is 1.09. The monoisotopic (exact) mass is 320 g/mol. The highest BCUT2D eigenvalue weighted by Crippen LogP contribution is 2.29. The van der Waals surface area contributed by atoms with Crippen molar-refractivity contribution in [3.8, 4) is 6.07 Å². The molecule has 2 aromatic rings. The molecule has 2 N–H and O–H groups in total. The van der Waals surface area contributed by atoms with Crippen LogP contribution < -0.4 is 10.6 Å². The Balaban J connectivity index is 2.15. The van der Waals surface area contributed by atoms with Gasteiger partial charge in [-0.25, -0.2) is 4.98 Å². The van der Waals surface area contributed by atoms with Gasteiger partial charge in [-0.1, -0.05) is 35.3 Å². The average Bonchev–Trinajstić information content (AvgIpc) is 2.49. The SMILES string of the molecule is CCNc1nc(NCc2cccc(C#N)c2)c(Cl)cc1Cl. The molecule has 0 unspecified atom stereocenters. The molecule has 0 atom stereocenters. The average molecular weight is 321 g/mol. The normalized spacial score (nSPS) is 10.0. The van der Waals surface area contributed by atoms with Gasteiger partial charge in [-0.2, -0.15) is 5.26 Å². The van der Waals surface area contributed by atoms with Gasteiger partial charge >= 0.3 is 0 Å². The second-order valence-electron chi connectivity index (χ2n) is 4.35. The van der Waals surface area contributed by atoms with Crippen molar-refractivity contribution in [2.24, 2.45) is 0 Å². The van der Waals surface area contributed by atoms with E-state index >= 15 is 0 Å². The first kappa shape index (κ1) is 15.4. The molecule has 1 heterocycles. The van der Waals surface area contributed by atoms with Crippen molar-refractivity contribution >= 4 is 34.8 Å². The molecule has 4 nitrogen and oxygen atoms in total. The van der Waals surface area contributed by atoms with Gasteiger partial charge in [-0.15, -0.1) is 0 Å². The Kier molecular flexibility index (Phi) is 5.26. The number of benzene rings is 1. The van der Waals surface area contributed by atoms with Gasteiger partial charge in [0.05, 0.1) is 21.7 Å². The first-order chi connectivity index (χ1) is 10.1. The minimum Gasteiger partial charge on any atom is -0.369 e.